The van der Waals surface area contributed by atoms with E-state index >= 15 is 0 Å². The molecule has 0 saturated heterocycles. The molecular formula is C71H124O6. The van der Waals surface area contributed by atoms with Crippen LogP contribution < -0.4 is 0 Å². The van der Waals surface area contributed by atoms with Crippen LogP contribution in [-0.4, -0.2) is 37.2 Å². The SMILES string of the molecule is CC/C=C\C/C=C\C/C=C\CCCCCCCC(=O)OC(COC(=O)CCCCCCC/C=C\CCCC)COC(=O)CCCCCCCCCCCCCCCCCCCC/C=C\C/C=C\C/C=C\CCCCCCC. The Morgan fingerprint density at radius 3 is 0.844 bits per heavy atom. The first-order valence-corrected chi connectivity index (χ1v) is 33.1. The van der Waals surface area contributed by atoms with Crippen LogP contribution in [0.25, 0.3) is 0 Å². The molecule has 6 heteroatoms. The normalized spacial score (nSPS) is 12.6. The molecule has 1 atom stereocenters. The summed E-state index contributed by atoms with van der Waals surface area (Å²) in [5, 5.41) is 0. The number of hydrogen-bond acceptors (Lipinski definition) is 6. The van der Waals surface area contributed by atoms with Gasteiger partial charge in [0.25, 0.3) is 0 Å². The zero-order valence-electron chi connectivity index (χ0n) is 51.0. The number of unbranched alkanes of at least 4 members (excludes halogenated alkanes) is 35. The van der Waals surface area contributed by atoms with Crippen molar-refractivity contribution in [2.45, 2.75) is 335 Å². The van der Waals surface area contributed by atoms with Crippen LogP contribution in [0.2, 0.25) is 0 Å². The summed E-state index contributed by atoms with van der Waals surface area (Å²) in [4.78, 5) is 38.2. The minimum absolute atomic E-state index is 0.0838. The molecule has 0 aliphatic carbocycles. The summed E-state index contributed by atoms with van der Waals surface area (Å²) in [5.41, 5.74) is 0. The smallest absolute Gasteiger partial charge is 0.306 e. The predicted octanol–water partition coefficient (Wildman–Crippen LogP) is 22.7. The van der Waals surface area contributed by atoms with E-state index in [0.717, 1.165) is 116 Å². The maximum atomic E-state index is 12.9. The van der Waals surface area contributed by atoms with Gasteiger partial charge in [-0.05, 0) is 109 Å². The Morgan fingerprint density at radius 2 is 0.519 bits per heavy atom. The third kappa shape index (κ3) is 63.3. The number of carbonyl (C=O) groups is 3. The van der Waals surface area contributed by atoms with Gasteiger partial charge in [0.05, 0.1) is 0 Å². The lowest BCUT2D eigenvalue weighted by Crippen LogP contribution is -2.30. The average molecular weight is 1070 g/mol. The standard InChI is InChI=1S/C71H124O6/c1-4-7-10-13-16-19-22-24-26-27-28-29-30-31-32-33-34-35-36-37-38-39-40-41-42-43-45-46-49-52-55-58-61-64-70(73)76-67-68(66-75-69(72)63-60-57-54-51-48-21-18-15-12-9-6-3)77-71(74)65-62-59-56-53-50-47-44-25-23-20-17-14-11-8-5-2/h8,11,15,17-18,20,22,24-25,27-28,30-31,44,68H,4-7,9-10,12-14,16,19,21,23,26,29,32-43,45-67H2,1-3H3/b11-8-,18-15-,20-17-,24-22-,28-27-,31-30-,44-25-. The van der Waals surface area contributed by atoms with Crippen LogP contribution in [0, 0.1) is 0 Å². The van der Waals surface area contributed by atoms with Crippen molar-refractivity contribution in [2.24, 2.45) is 0 Å². The third-order valence-electron chi connectivity index (χ3n) is 14.4. The first kappa shape index (κ1) is 73.6. The lowest BCUT2D eigenvalue weighted by molar-refractivity contribution is -0.167. The van der Waals surface area contributed by atoms with Crippen molar-refractivity contribution < 1.29 is 28.6 Å². The van der Waals surface area contributed by atoms with E-state index in [9.17, 15) is 14.4 Å². The Labute approximate surface area is 477 Å². The number of hydrogen-bond donors (Lipinski definition) is 0. The summed E-state index contributed by atoms with van der Waals surface area (Å²) in [6, 6.07) is 0. The molecule has 0 saturated carbocycles. The van der Waals surface area contributed by atoms with Gasteiger partial charge in [0.15, 0.2) is 6.10 Å². The topological polar surface area (TPSA) is 78.9 Å². The van der Waals surface area contributed by atoms with E-state index in [1.807, 2.05) is 0 Å². The molecule has 0 heterocycles. The van der Waals surface area contributed by atoms with Gasteiger partial charge in [0, 0.05) is 19.3 Å². The van der Waals surface area contributed by atoms with Crippen LogP contribution in [0.5, 0.6) is 0 Å². The monoisotopic (exact) mass is 1070 g/mol. The zero-order chi connectivity index (χ0) is 55.7. The summed E-state index contributed by atoms with van der Waals surface area (Å²) >= 11 is 0. The lowest BCUT2D eigenvalue weighted by Gasteiger charge is -2.18. The molecule has 1 unspecified atom stereocenters. The molecule has 0 fully saturated rings. The molecule has 0 aromatic carbocycles. The summed E-state index contributed by atoms with van der Waals surface area (Å²) in [6.07, 6.45) is 86.2. The number of rotatable bonds is 60. The quantitative estimate of drug-likeness (QED) is 0.0261. The molecule has 77 heavy (non-hydrogen) atoms. The third-order valence-corrected chi connectivity index (χ3v) is 14.4. The largest absolute Gasteiger partial charge is 0.462 e. The highest BCUT2D eigenvalue weighted by Gasteiger charge is 2.19. The van der Waals surface area contributed by atoms with Gasteiger partial charge in [0.1, 0.15) is 13.2 Å². The minimum Gasteiger partial charge on any atom is -0.462 e. The lowest BCUT2D eigenvalue weighted by atomic mass is 10.0. The number of allylic oxidation sites excluding steroid dienone is 14. The molecule has 0 aromatic heterocycles. The van der Waals surface area contributed by atoms with E-state index in [1.165, 1.54) is 173 Å². The van der Waals surface area contributed by atoms with Crippen LogP contribution >= 0.6 is 0 Å². The second-order valence-corrected chi connectivity index (χ2v) is 22.0. The van der Waals surface area contributed by atoms with Crippen LogP contribution in [0.4, 0.5) is 0 Å². The average Bonchev–Trinajstić information content (AvgIpc) is 3.43. The second kappa shape index (κ2) is 65.1. The van der Waals surface area contributed by atoms with Crippen molar-refractivity contribution in [1.82, 2.24) is 0 Å². The van der Waals surface area contributed by atoms with Gasteiger partial charge in [-0.25, -0.2) is 0 Å². The highest BCUT2D eigenvalue weighted by molar-refractivity contribution is 5.71. The second-order valence-electron chi connectivity index (χ2n) is 22.0. The molecule has 444 valence electrons. The predicted molar refractivity (Wildman–Crippen MR) is 334 cm³/mol. The van der Waals surface area contributed by atoms with E-state index in [1.54, 1.807) is 0 Å². The fourth-order valence-electron chi connectivity index (χ4n) is 9.39. The Balaban J connectivity index is 4.11. The van der Waals surface area contributed by atoms with Gasteiger partial charge in [-0.1, -0.05) is 286 Å². The maximum Gasteiger partial charge on any atom is 0.306 e. The summed E-state index contributed by atoms with van der Waals surface area (Å²) in [7, 11) is 0. The molecule has 0 bridgehead atoms. The molecule has 0 aromatic rings. The summed E-state index contributed by atoms with van der Waals surface area (Å²) < 4.78 is 16.9. The van der Waals surface area contributed by atoms with E-state index < -0.39 is 6.10 Å². The van der Waals surface area contributed by atoms with Crippen molar-refractivity contribution in [2.75, 3.05) is 13.2 Å². The fraction of sp³-hybridized carbons (Fsp3) is 0.761. The van der Waals surface area contributed by atoms with Gasteiger partial charge in [-0.2, -0.15) is 0 Å². The highest BCUT2D eigenvalue weighted by Crippen LogP contribution is 2.17. The molecule has 0 spiro atoms. The van der Waals surface area contributed by atoms with Gasteiger partial charge in [0.2, 0.25) is 0 Å². The van der Waals surface area contributed by atoms with Crippen LogP contribution in [0.1, 0.15) is 329 Å². The van der Waals surface area contributed by atoms with Gasteiger partial charge >= 0.3 is 17.9 Å². The summed E-state index contributed by atoms with van der Waals surface area (Å²) in [5.74, 6) is -0.900. The number of esters is 3. The van der Waals surface area contributed by atoms with Crippen molar-refractivity contribution in [3.8, 4) is 0 Å². The van der Waals surface area contributed by atoms with Crippen molar-refractivity contribution in [3.63, 3.8) is 0 Å². The van der Waals surface area contributed by atoms with Crippen LogP contribution in [0.3, 0.4) is 0 Å². The molecule has 0 aliphatic heterocycles. The summed E-state index contributed by atoms with van der Waals surface area (Å²) in [6.45, 7) is 6.48. The van der Waals surface area contributed by atoms with E-state index in [2.05, 4.69) is 106 Å². The molecule has 0 amide bonds. The number of ether oxygens (including phenoxy) is 3. The van der Waals surface area contributed by atoms with Crippen LogP contribution in [-0.2, 0) is 28.6 Å². The van der Waals surface area contributed by atoms with Crippen molar-refractivity contribution >= 4 is 17.9 Å². The molecule has 0 radical (unpaired) electrons. The Bertz CT molecular complexity index is 1470. The van der Waals surface area contributed by atoms with Gasteiger partial charge in [-0.15, -0.1) is 0 Å². The first-order chi connectivity index (χ1) is 38.0. The fourth-order valence-corrected chi connectivity index (χ4v) is 9.39. The van der Waals surface area contributed by atoms with E-state index in [4.69, 9.17) is 14.2 Å². The Kier molecular flexibility index (Phi) is 62.2. The molecule has 0 rings (SSSR count). The molecule has 0 aliphatic rings. The molecular weight excluding hydrogens is 949 g/mol. The first-order valence-electron chi connectivity index (χ1n) is 33.1. The van der Waals surface area contributed by atoms with Crippen molar-refractivity contribution in [3.05, 3.63) is 85.1 Å². The number of carbonyl (C=O) groups excluding carboxylic acids is 3. The van der Waals surface area contributed by atoms with Gasteiger partial charge < -0.3 is 14.2 Å². The van der Waals surface area contributed by atoms with E-state index in [-0.39, 0.29) is 31.1 Å². The molecule has 6 nitrogen and oxygen atoms in total. The Hall–Kier alpha value is -3.41. The van der Waals surface area contributed by atoms with Gasteiger partial charge in [-0.3, -0.25) is 14.4 Å². The Morgan fingerprint density at radius 1 is 0.273 bits per heavy atom. The zero-order valence-corrected chi connectivity index (χ0v) is 51.0. The molecule has 0 N–H and O–H groups in total. The van der Waals surface area contributed by atoms with E-state index in [0.29, 0.717) is 19.3 Å². The van der Waals surface area contributed by atoms with Crippen molar-refractivity contribution in [1.29, 1.82) is 0 Å². The maximum absolute atomic E-state index is 12.9. The highest BCUT2D eigenvalue weighted by atomic mass is 16.6. The van der Waals surface area contributed by atoms with Crippen LogP contribution in [0.15, 0.2) is 85.1 Å². The minimum atomic E-state index is -0.788.